The van der Waals surface area contributed by atoms with Gasteiger partial charge in [0.15, 0.2) is 5.82 Å². The number of fused-ring (bicyclic) bond motifs is 1. The fraction of sp³-hybridized carbons (Fsp3) is 0.179. The van der Waals surface area contributed by atoms with E-state index in [1.165, 1.54) is 6.07 Å². The van der Waals surface area contributed by atoms with Gasteiger partial charge in [0.2, 0.25) is 17.8 Å². The highest BCUT2D eigenvalue weighted by atomic mass is 19.1. The molecule has 0 atom stereocenters. The van der Waals surface area contributed by atoms with E-state index < -0.39 is 11.7 Å². The molecular formula is C28H26FN7O2. The lowest BCUT2D eigenvalue weighted by Crippen LogP contribution is -2.48. The van der Waals surface area contributed by atoms with E-state index in [4.69, 9.17) is 0 Å². The second-order valence-corrected chi connectivity index (χ2v) is 8.82. The highest BCUT2D eigenvalue weighted by molar-refractivity contribution is 6.00. The standard InChI is InChI=1S/C28H26FN7O2/c1-3-25(38)33-23-9-5-7-21(26(23)29)22-8-4-6-19-16-31-28(34-27(19)22)32-20-10-11-24(30-17-20)36-14-12-35(13-15-36)18(2)37/h3-11,16-17H,1,12-15H2,2H3,(H,33,38)(H,31,32,34). The first-order valence-corrected chi connectivity index (χ1v) is 12.1. The van der Waals surface area contributed by atoms with Crippen molar-refractivity contribution in [3.63, 3.8) is 0 Å². The van der Waals surface area contributed by atoms with Crippen LogP contribution in [0.25, 0.3) is 22.0 Å². The Labute approximate surface area is 219 Å². The highest BCUT2D eigenvalue weighted by Crippen LogP contribution is 2.33. The van der Waals surface area contributed by atoms with Gasteiger partial charge in [0, 0.05) is 55.8 Å². The monoisotopic (exact) mass is 511 g/mol. The topological polar surface area (TPSA) is 103 Å². The van der Waals surface area contributed by atoms with E-state index in [0.717, 1.165) is 30.4 Å². The van der Waals surface area contributed by atoms with E-state index in [9.17, 15) is 9.59 Å². The molecule has 192 valence electrons. The molecule has 1 fully saturated rings. The maximum atomic E-state index is 15.3. The molecule has 10 heteroatoms. The average Bonchev–Trinajstić information content (AvgIpc) is 2.94. The van der Waals surface area contributed by atoms with Crippen LogP contribution >= 0.6 is 0 Å². The Morgan fingerprint density at radius 1 is 0.974 bits per heavy atom. The predicted octanol–water partition coefficient (Wildman–Crippen LogP) is 4.37. The van der Waals surface area contributed by atoms with Crippen molar-refractivity contribution in [2.45, 2.75) is 6.92 Å². The van der Waals surface area contributed by atoms with Gasteiger partial charge in [-0.3, -0.25) is 9.59 Å². The Balaban J connectivity index is 1.38. The lowest BCUT2D eigenvalue weighted by molar-refractivity contribution is -0.129. The zero-order chi connectivity index (χ0) is 26.6. The minimum atomic E-state index is -0.563. The van der Waals surface area contributed by atoms with Gasteiger partial charge in [0.1, 0.15) is 5.82 Å². The van der Waals surface area contributed by atoms with Gasteiger partial charge in [-0.2, -0.15) is 0 Å². The van der Waals surface area contributed by atoms with Crippen molar-refractivity contribution in [2.24, 2.45) is 0 Å². The second-order valence-electron chi connectivity index (χ2n) is 8.82. The number of hydrogen-bond donors (Lipinski definition) is 2. The normalized spacial score (nSPS) is 13.3. The fourth-order valence-electron chi connectivity index (χ4n) is 4.38. The lowest BCUT2D eigenvalue weighted by atomic mass is 10.0. The molecule has 2 aromatic carbocycles. The Kier molecular flexibility index (Phi) is 6.94. The molecule has 1 aliphatic heterocycles. The van der Waals surface area contributed by atoms with Gasteiger partial charge in [-0.15, -0.1) is 0 Å². The number of para-hydroxylation sites is 1. The summed E-state index contributed by atoms with van der Waals surface area (Å²) < 4.78 is 15.3. The number of carbonyl (C=O) groups excluding carboxylic acids is 2. The fourth-order valence-corrected chi connectivity index (χ4v) is 4.38. The molecule has 2 amide bonds. The Morgan fingerprint density at radius 3 is 2.45 bits per heavy atom. The number of nitrogens with zero attached hydrogens (tertiary/aromatic N) is 5. The average molecular weight is 512 g/mol. The summed E-state index contributed by atoms with van der Waals surface area (Å²) in [4.78, 5) is 40.9. The molecule has 4 aromatic rings. The molecule has 2 N–H and O–H groups in total. The first kappa shape index (κ1) is 24.8. The first-order valence-electron chi connectivity index (χ1n) is 12.1. The quantitative estimate of drug-likeness (QED) is 0.371. The Morgan fingerprint density at radius 2 is 1.74 bits per heavy atom. The molecule has 1 aliphatic rings. The van der Waals surface area contributed by atoms with Crippen LogP contribution in [-0.4, -0.2) is 57.8 Å². The molecule has 0 spiro atoms. The summed E-state index contributed by atoms with van der Waals surface area (Å²) in [6.07, 6.45) is 4.47. The minimum Gasteiger partial charge on any atom is -0.353 e. The number of benzene rings is 2. The molecule has 0 aliphatic carbocycles. The number of aromatic nitrogens is 3. The molecule has 0 saturated carbocycles. The van der Waals surface area contributed by atoms with Crippen LogP contribution in [0.3, 0.4) is 0 Å². The van der Waals surface area contributed by atoms with Crippen LogP contribution in [0.2, 0.25) is 0 Å². The van der Waals surface area contributed by atoms with Crippen molar-refractivity contribution in [2.75, 3.05) is 41.7 Å². The van der Waals surface area contributed by atoms with Crippen LogP contribution in [-0.2, 0) is 9.59 Å². The number of hydrogen-bond acceptors (Lipinski definition) is 7. The van der Waals surface area contributed by atoms with Crippen molar-refractivity contribution in [3.05, 3.63) is 79.4 Å². The van der Waals surface area contributed by atoms with Crippen LogP contribution in [0.1, 0.15) is 6.92 Å². The molecule has 5 rings (SSSR count). The van der Waals surface area contributed by atoms with Gasteiger partial charge in [0.05, 0.1) is 23.1 Å². The second kappa shape index (κ2) is 10.6. The van der Waals surface area contributed by atoms with E-state index in [-0.39, 0.29) is 11.6 Å². The summed E-state index contributed by atoms with van der Waals surface area (Å²) in [7, 11) is 0. The smallest absolute Gasteiger partial charge is 0.247 e. The lowest BCUT2D eigenvalue weighted by Gasteiger charge is -2.34. The van der Waals surface area contributed by atoms with E-state index >= 15 is 4.39 Å². The van der Waals surface area contributed by atoms with Crippen molar-refractivity contribution < 1.29 is 14.0 Å². The zero-order valence-electron chi connectivity index (χ0n) is 20.8. The molecule has 9 nitrogen and oxygen atoms in total. The molecule has 1 saturated heterocycles. The maximum Gasteiger partial charge on any atom is 0.247 e. The van der Waals surface area contributed by atoms with E-state index in [0.29, 0.717) is 41.4 Å². The van der Waals surface area contributed by atoms with Crippen LogP contribution in [0, 0.1) is 5.82 Å². The maximum absolute atomic E-state index is 15.3. The largest absolute Gasteiger partial charge is 0.353 e. The number of rotatable bonds is 6. The predicted molar refractivity (Wildman–Crippen MR) is 146 cm³/mol. The zero-order valence-corrected chi connectivity index (χ0v) is 20.8. The van der Waals surface area contributed by atoms with Gasteiger partial charge in [-0.05, 0) is 24.3 Å². The van der Waals surface area contributed by atoms with Crippen LogP contribution < -0.4 is 15.5 Å². The van der Waals surface area contributed by atoms with Crippen LogP contribution in [0.4, 0.5) is 27.5 Å². The third kappa shape index (κ3) is 5.15. The van der Waals surface area contributed by atoms with E-state index in [1.807, 2.05) is 23.1 Å². The van der Waals surface area contributed by atoms with Crippen molar-refractivity contribution in [1.82, 2.24) is 19.9 Å². The molecular weight excluding hydrogens is 485 g/mol. The van der Waals surface area contributed by atoms with Gasteiger partial charge in [0.25, 0.3) is 0 Å². The number of pyridine rings is 1. The number of nitrogens with one attached hydrogen (secondary N) is 2. The minimum absolute atomic E-state index is 0.0608. The SMILES string of the molecule is C=CC(=O)Nc1cccc(-c2cccc3cnc(Nc4ccc(N5CCN(C(C)=O)CC5)nc4)nc23)c1F. The van der Waals surface area contributed by atoms with Gasteiger partial charge < -0.3 is 20.4 Å². The summed E-state index contributed by atoms with van der Waals surface area (Å²) in [5.74, 6) is 0.203. The van der Waals surface area contributed by atoms with Crippen LogP contribution in [0.5, 0.6) is 0 Å². The molecule has 0 radical (unpaired) electrons. The van der Waals surface area contributed by atoms with Crippen molar-refractivity contribution in [1.29, 1.82) is 0 Å². The van der Waals surface area contributed by atoms with Crippen molar-refractivity contribution in [3.8, 4) is 11.1 Å². The van der Waals surface area contributed by atoms with Gasteiger partial charge >= 0.3 is 0 Å². The van der Waals surface area contributed by atoms with Crippen molar-refractivity contribution >= 4 is 45.9 Å². The summed E-state index contributed by atoms with van der Waals surface area (Å²) in [6.45, 7) is 7.80. The molecule has 0 bridgehead atoms. The third-order valence-electron chi connectivity index (χ3n) is 6.40. The van der Waals surface area contributed by atoms with E-state index in [2.05, 4.69) is 37.1 Å². The Bertz CT molecular complexity index is 1520. The first-order chi connectivity index (χ1) is 18.4. The Hall–Kier alpha value is -4.86. The number of anilines is 4. The van der Waals surface area contributed by atoms with Gasteiger partial charge in [-0.1, -0.05) is 36.9 Å². The number of piperazine rings is 1. The third-order valence-corrected chi connectivity index (χ3v) is 6.40. The molecule has 2 aromatic heterocycles. The number of carbonyl (C=O) groups is 2. The van der Waals surface area contributed by atoms with Gasteiger partial charge in [-0.25, -0.2) is 19.3 Å². The highest BCUT2D eigenvalue weighted by Gasteiger charge is 2.19. The van der Waals surface area contributed by atoms with Crippen LogP contribution in [0.15, 0.2) is 73.6 Å². The number of halogens is 1. The van der Waals surface area contributed by atoms with E-state index in [1.54, 1.807) is 43.6 Å². The summed E-state index contributed by atoms with van der Waals surface area (Å²) in [5.41, 5.74) is 2.19. The molecule has 38 heavy (non-hydrogen) atoms. The summed E-state index contributed by atoms with van der Waals surface area (Å²) in [5, 5.41) is 6.40. The molecule has 0 unspecified atom stereocenters. The number of amides is 2. The summed E-state index contributed by atoms with van der Waals surface area (Å²) >= 11 is 0. The molecule has 3 heterocycles. The summed E-state index contributed by atoms with van der Waals surface area (Å²) in [6, 6.07) is 14.0.